The van der Waals surface area contributed by atoms with Gasteiger partial charge in [-0.3, -0.25) is 4.68 Å². The molecule has 0 fully saturated rings. The van der Waals surface area contributed by atoms with E-state index in [0.29, 0.717) is 6.07 Å². The Kier molecular flexibility index (Phi) is 3.30. The summed E-state index contributed by atoms with van der Waals surface area (Å²) in [5, 5.41) is 12.6. The van der Waals surface area contributed by atoms with Crippen molar-refractivity contribution in [2.45, 2.75) is 6.18 Å². The van der Waals surface area contributed by atoms with E-state index in [2.05, 4.69) is 15.1 Å². The van der Waals surface area contributed by atoms with Crippen molar-refractivity contribution in [3.63, 3.8) is 0 Å². The van der Waals surface area contributed by atoms with Crippen molar-refractivity contribution >= 4 is 5.97 Å². The predicted octanol–water partition coefficient (Wildman–Crippen LogP) is 1.72. The minimum atomic E-state index is -4.72. The number of hydrogen-bond acceptors (Lipinski definition) is 5. The van der Waals surface area contributed by atoms with E-state index < -0.39 is 29.3 Å². The summed E-state index contributed by atoms with van der Waals surface area (Å²) in [7, 11) is 1.51. The second kappa shape index (κ2) is 4.79. The standard InChI is InChI=1S/C10H7F3N4O3/c1-17-4-14-9(16-17)20-7-5(8(18)19)2-3-6(15-7)10(11,12)13/h2-4H,1H3,(H,18,19). The lowest BCUT2D eigenvalue weighted by molar-refractivity contribution is -0.141. The van der Waals surface area contributed by atoms with Crippen molar-refractivity contribution in [1.82, 2.24) is 19.7 Å². The van der Waals surface area contributed by atoms with Gasteiger partial charge >= 0.3 is 18.2 Å². The lowest BCUT2D eigenvalue weighted by Crippen LogP contribution is -2.11. The average Bonchev–Trinajstić information content (AvgIpc) is 2.73. The normalized spacial score (nSPS) is 11.4. The first-order chi connectivity index (χ1) is 9.27. The number of carboxylic acid groups (broad SMARTS) is 1. The van der Waals surface area contributed by atoms with Crippen LogP contribution in [0.1, 0.15) is 16.1 Å². The summed E-state index contributed by atoms with van der Waals surface area (Å²) in [5.41, 5.74) is -1.79. The Labute approximate surface area is 109 Å². The molecule has 0 spiro atoms. The van der Waals surface area contributed by atoms with Crippen LogP contribution in [0.25, 0.3) is 0 Å². The maximum absolute atomic E-state index is 12.5. The summed E-state index contributed by atoms with van der Waals surface area (Å²) in [5.74, 6) is -2.20. The zero-order chi connectivity index (χ0) is 14.9. The van der Waals surface area contributed by atoms with Gasteiger partial charge in [-0.15, -0.1) is 5.10 Å². The van der Waals surface area contributed by atoms with Crippen LogP contribution in [-0.4, -0.2) is 30.8 Å². The lowest BCUT2D eigenvalue weighted by atomic mass is 10.2. The molecule has 0 atom stereocenters. The number of aromatic nitrogens is 4. The van der Waals surface area contributed by atoms with Gasteiger partial charge in [0.25, 0.3) is 0 Å². The molecule has 10 heteroatoms. The number of pyridine rings is 1. The Morgan fingerprint density at radius 1 is 1.40 bits per heavy atom. The fraction of sp³-hybridized carbons (Fsp3) is 0.200. The largest absolute Gasteiger partial charge is 0.477 e. The molecule has 106 valence electrons. The number of aryl methyl sites for hydroxylation is 1. The van der Waals surface area contributed by atoms with Gasteiger partial charge in [-0.1, -0.05) is 0 Å². The highest BCUT2D eigenvalue weighted by Crippen LogP contribution is 2.31. The Morgan fingerprint density at radius 3 is 2.60 bits per heavy atom. The minimum Gasteiger partial charge on any atom is -0.477 e. The second-order valence-electron chi connectivity index (χ2n) is 3.65. The van der Waals surface area contributed by atoms with E-state index in [4.69, 9.17) is 9.84 Å². The Hall–Kier alpha value is -2.65. The first-order valence-corrected chi connectivity index (χ1v) is 5.12. The molecule has 2 rings (SSSR count). The molecular formula is C10H7F3N4O3. The molecule has 2 heterocycles. The summed E-state index contributed by atoms with van der Waals surface area (Å²) in [6.07, 6.45) is -3.48. The van der Waals surface area contributed by atoms with E-state index in [9.17, 15) is 18.0 Å². The van der Waals surface area contributed by atoms with Crippen LogP contribution in [0.15, 0.2) is 18.5 Å². The van der Waals surface area contributed by atoms with Crippen LogP contribution in [-0.2, 0) is 13.2 Å². The highest BCUT2D eigenvalue weighted by molar-refractivity contribution is 5.90. The third-order valence-electron chi connectivity index (χ3n) is 2.15. The van der Waals surface area contributed by atoms with Gasteiger partial charge in [-0.05, 0) is 12.1 Å². The van der Waals surface area contributed by atoms with Crippen LogP contribution in [0.2, 0.25) is 0 Å². The van der Waals surface area contributed by atoms with Gasteiger partial charge in [-0.2, -0.15) is 18.2 Å². The molecule has 1 N–H and O–H groups in total. The summed E-state index contributed by atoms with van der Waals surface area (Å²) >= 11 is 0. The van der Waals surface area contributed by atoms with Crippen LogP contribution < -0.4 is 4.74 Å². The monoisotopic (exact) mass is 288 g/mol. The van der Waals surface area contributed by atoms with Gasteiger partial charge < -0.3 is 9.84 Å². The Morgan fingerprint density at radius 2 is 2.10 bits per heavy atom. The first kappa shape index (κ1) is 13.8. The fourth-order valence-electron chi connectivity index (χ4n) is 1.29. The van der Waals surface area contributed by atoms with Crippen molar-refractivity contribution in [2.75, 3.05) is 0 Å². The number of carboxylic acids is 1. The molecule has 2 aromatic heterocycles. The summed E-state index contributed by atoms with van der Waals surface area (Å²) in [4.78, 5) is 17.7. The van der Waals surface area contributed by atoms with Crippen LogP contribution in [0.4, 0.5) is 13.2 Å². The van der Waals surface area contributed by atoms with Crippen molar-refractivity contribution < 1.29 is 27.8 Å². The quantitative estimate of drug-likeness (QED) is 0.924. The van der Waals surface area contributed by atoms with Crippen LogP contribution in [0, 0.1) is 0 Å². The van der Waals surface area contributed by atoms with E-state index in [1.165, 1.54) is 18.1 Å². The van der Waals surface area contributed by atoms with E-state index in [0.717, 1.165) is 6.07 Å². The average molecular weight is 288 g/mol. The second-order valence-corrected chi connectivity index (χ2v) is 3.65. The lowest BCUT2D eigenvalue weighted by Gasteiger charge is -2.09. The molecule has 0 aliphatic rings. The molecule has 0 radical (unpaired) electrons. The molecule has 0 saturated carbocycles. The Balaban J connectivity index is 2.44. The van der Waals surface area contributed by atoms with Crippen LogP contribution >= 0.6 is 0 Å². The smallest absolute Gasteiger partial charge is 0.433 e. The SMILES string of the molecule is Cn1cnc(Oc2nc(C(F)(F)F)ccc2C(=O)O)n1. The van der Waals surface area contributed by atoms with Crippen molar-refractivity contribution in [1.29, 1.82) is 0 Å². The fourth-order valence-corrected chi connectivity index (χ4v) is 1.29. The number of nitrogens with zero attached hydrogens (tertiary/aromatic N) is 4. The number of alkyl halides is 3. The molecule has 2 aromatic rings. The number of rotatable bonds is 3. The van der Waals surface area contributed by atoms with Gasteiger partial charge in [-0.25, -0.2) is 9.78 Å². The number of halogens is 3. The molecule has 0 aliphatic carbocycles. The van der Waals surface area contributed by atoms with E-state index in [-0.39, 0.29) is 6.01 Å². The maximum atomic E-state index is 12.5. The Bertz CT molecular complexity index is 653. The number of carbonyl (C=O) groups is 1. The van der Waals surface area contributed by atoms with Crippen molar-refractivity contribution in [2.24, 2.45) is 7.05 Å². The molecule has 7 nitrogen and oxygen atoms in total. The van der Waals surface area contributed by atoms with Gasteiger partial charge in [0.2, 0.25) is 5.88 Å². The zero-order valence-corrected chi connectivity index (χ0v) is 9.92. The highest BCUT2D eigenvalue weighted by Gasteiger charge is 2.34. The summed E-state index contributed by atoms with van der Waals surface area (Å²) in [6, 6.07) is 1.01. The van der Waals surface area contributed by atoms with E-state index in [1.54, 1.807) is 0 Å². The molecule has 0 bridgehead atoms. The van der Waals surface area contributed by atoms with Gasteiger partial charge in [0.05, 0.1) is 0 Å². The van der Waals surface area contributed by atoms with Crippen LogP contribution in [0.5, 0.6) is 11.9 Å². The van der Waals surface area contributed by atoms with Crippen molar-refractivity contribution in [3.8, 4) is 11.9 Å². The van der Waals surface area contributed by atoms with E-state index in [1.807, 2.05) is 0 Å². The third kappa shape index (κ3) is 2.84. The molecular weight excluding hydrogens is 281 g/mol. The predicted molar refractivity (Wildman–Crippen MR) is 57.3 cm³/mol. The molecule has 20 heavy (non-hydrogen) atoms. The molecule has 0 saturated heterocycles. The molecule has 0 unspecified atom stereocenters. The summed E-state index contributed by atoms with van der Waals surface area (Å²) in [6.45, 7) is 0. The van der Waals surface area contributed by atoms with Gasteiger partial charge in [0, 0.05) is 7.05 Å². The molecule has 0 aliphatic heterocycles. The third-order valence-corrected chi connectivity index (χ3v) is 2.15. The van der Waals surface area contributed by atoms with Crippen LogP contribution in [0.3, 0.4) is 0 Å². The number of aromatic carboxylic acids is 1. The maximum Gasteiger partial charge on any atom is 0.433 e. The zero-order valence-electron chi connectivity index (χ0n) is 9.92. The van der Waals surface area contributed by atoms with Gasteiger partial charge in [0.15, 0.2) is 0 Å². The number of ether oxygens (including phenoxy) is 1. The topological polar surface area (TPSA) is 90.1 Å². The van der Waals surface area contributed by atoms with Gasteiger partial charge in [0.1, 0.15) is 17.6 Å². The molecule has 0 aromatic carbocycles. The summed E-state index contributed by atoms with van der Waals surface area (Å²) < 4.78 is 43.8. The first-order valence-electron chi connectivity index (χ1n) is 5.12. The number of hydrogen-bond donors (Lipinski definition) is 1. The van der Waals surface area contributed by atoms with E-state index >= 15 is 0 Å². The highest BCUT2D eigenvalue weighted by atomic mass is 19.4. The van der Waals surface area contributed by atoms with Crippen molar-refractivity contribution in [3.05, 3.63) is 29.7 Å². The molecule has 0 amide bonds. The minimum absolute atomic E-state index is 0.304.